The van der Waals surface area contributed by atoms with Gasteiger partial charge in [-0.05, 0) is 31.0 Å². The largest absolute Gasteiger partial charge is 0.324 e. The third-order valence-corrected chi connectivity index (χ3v) is 3.29. The summed E-state index contributed by atoms with van der Waals surface area (Å²) in [6.45, 7) is 7.51. The second-order valence-corrected chi connectivity index (χ2v) is 5.81. The van der Waals surface area contributed by atoms with E-state index in [-0.39, 0.29) is 24.3 Å². The van der Waals surface area contributed by atoms with Crippen molar-refractivity contribution in [3.63, 3.8) is 0 Å². The van der Waals surface area contributed by atoms with Gasteiger partial charge in [-0.2, -0.15) is 0 Å². The molecule has 7 heteroatoms. The molecule has 2 amide bonds. The Labute approximate surface area is 135 Å². The summed E-state index contributed by atoms with van der Waals surface area (Å²) in [4.78, 5) is 23.7. The second kappa shape index (κ2) is 7.04. The lowest BCUT2D eigenvalue weighted by Crippen LogP contribution is -2.20. The van der Waals surface area contributed by atoms with Crippen LogP contribution in [0.1, 0.15) is 25.0 Å². The fourth-order valence-corrected chi connectivity index (χ4v) is 1.91. The summed E-state index contributed by atoms with van der Waals surface area (Å²) in [5.41, 5.74) is 2.85. The van der Waals surface area contributed by atoms with Crippen molar-refractivity contribution in [1.82, 2.24) is 15.0 Å². The number of hydrogen-bond acceptors (Lipinski definition) is 4. The first kappa shape index (κ1) is 16.7. The quantitative estimate of drug-likeness (QED) is 0.884. The first-order valence-corrected chi connectivity index (χ1v) is 7.43. The zero-order valence-electron chi connectivity index (χ0n) is 13.8. The SMILES string of the molecule is Cc1ccc(C)c(NC(=O)Cn2cc(NC(=O)C(C)C)nn2)c1. The summed E-state index contributed by atoms with van der Waals surface area (Å²) in [6.07, 6.45) is 1.53. The van der Waals surface area contributed by atoms with Crippen molar-refractivity contribution in [1.29, 1.82) is 0 Å². The van der Waals surface area contributed by atoms with Gasteiger partial charge in [0.2, 0.25) is 11.8 Å². The van der Waals surface area contributed by atoms with Gasteiger partial charge in [-0.15, -0.1) is 5.10 Å². The van der Waals surface area contributed by atoms with Gasteiger partial charge in [0.25, 0.3) is 0 Å². The van der Waals surface area contributed by atoms with Crippen LogP contribution in [0.5, 0.6) is 0 Å². The topological polar surface area (TPSA) is 88.9 Å². The van der Waals surface area contributed by atoms with Crippen molar-refractivity contribution in [3.8, 4) is 0 Å². The molecule has 1 heterocycles. The monoisotopic (exact) mass is 315 g/mol. The molecule has 1 aromatic heterocycles. The van der Waals surface area contributed by atoms with Crippen LogP contribution in [-0.2, 0) is 16.1 Å². The van der Waals surface area contributed by atoms with Crippen LogP contribution in [-0.4, -0.2) is 26.8 Å². The number of anilines is 2. The number of amides is 2. The molecular formula is C16H21N5O2. The van der Waals surface area contributed by atoms with Gasteiger partial charge in [0.15, 0.2) is 5.82 Å². The molecule has 0 saturated heterocycles. The number of benzene rings is 1. The average Bonchev–Trinajstić information content (AvgIpc) is 2.89. The van der Waals surface area contributed by atoms with Crippen molar-refractivity contribution >= 4 is 23.3 Å². The Morgan fingerprint density at radius 2 is 1.96 bits per heavy atom. The Morgan fingerprint density at radius 1 is 1.22 bits per heavy atom. The zero-order chi connectivity index (χ0) is 17.0. The van der Waals surface area contributed by atoms with Gasteiger partial charge in [-0.25, -0.2) is 4.68 Å². The van der Waals surface area contributed by atoms with Crippen molar-refractivity contribution in [2.24, 2.45) is 5.92 Å². The lowest BCUT2D eigenvalue weighted by Gasteiger charge is -2.09. The molecule has 0 atom stereocenters. The van der Waals surface area contributed by atoms with E-state index in [1.807, 2.05) is 32.0 Å². The lowest BCUT2D eigenvalue weighted by atomic mass is 10.1. The fourth-order valence-electron chi connectivity index (χ4n) is 1.91. The number of aryl methyl sites for hydroxylation is 2. The van der Waals surface area contributed by atoms with Crippen LogP contribution in [0.25, 0.3) is 0 Å². The highest BCUT2D eigenvalue weighted by molar-refractivity contribution is 5.92. The Hall–Kier alpha value is -2.70. The summed E-state index contributed by atoms with van der Waals surface area (Å²) >= 11 is 0. The number of rotatable bonds is 5. The predicted molar refractivity (Wildman–Crippen MR) is 88.0 cm³/mol. The van der Waals surface area contributed by atoms with E-state index in [9.17, 15) is 9.59 Å². The van der Waals surface area contributed by atoms with E-state index in [2.05, 4.69) is 20.9 Å². The Balaban J connectivity index is 1.97. The Morgan fingerprint density at radius 3 is 2.65 bits per heavy atom. The molecular weight excluding hydrogens is 294 g/mol. The number of nitrogens with one attached hydrogen (secondary N) is 2. The maximum Gasteiger partial charge on any atom is 0.246 e. The minimum atomic E-state index is -0.203. The van der Waals surface area contributed by atoms with Gasteiger partial charge in [0, 0.05) is 11.6 Å². The normalized spacial score (nSPS) is 10.7. The minimum absolute atomic E-state index is 0.0257. The molecule has 0 unspecified atom stereocenters. The van der Waals surface area contributed by atoms with Crippen LogP contribution in [0.2, 0.25) is 0 Å². The average molecular weight is 315 g/mol. The molecule has 2 rings (SSSR count). The van der Waals surface area contributed by atoms with Gasteiger partial charge in [0.1, 0.15) is 6.54 Å². The van der Waals surface area contributed by atoms with E-state index in [1.54, 1.807) is 13.8 Å². The van der Waals surface area contributed by atoms with E-state index in [0.29, 0.717) is 5.82 Å². The molecule has 122 valence electrons. The van der Waals surface area contributed by atoms with Crippen molar-refractivity contribution in [2.75, 3.05) is 10.6 Å². The van der Waals surface area contributed by atoms with Gasteiger partial charge >= 0.3 is 0 Å². The molecule has 2 N–H and O–H groups in total. The number of carbonyl (C=O) groups is 2. The number of carbonyl (C=O) groups excluding carboxylic acids is 2. The molecule has 0 saturated carbocycles. The van der Waals surface area contributed by atoms with Gasteiger partial charge in [-0.1, -0.05) is 31.2 Å². The van der Waals surface area contributed by atoms with Crippen LogP contribution in [0, 0.1) is 19.8 Å². The van der Waals surface area contributed by atoms with E-state index in [0.717, 1.165) is 16.8 Å². The van der Waals surface area contributed by atoms with E-state index < -0.39 is 0 Å². The Kier molecular flexibility index (Phi) is 5.10. The third-order valence-electron chi connectivity index (χ3n) is 3.29. The lowest BCUT2D eigenvalue weighted by molar-refractivity contribution is -0.119. The summed E-state index contributed by atoms with van der Waals surface area (Å²) in [5, 5.41) is 13.2. The van der Waals surface area contributed by atoms with Crippen LogP contribution in [0.3, 0.4) is 0 Å². The summed E-state index contributed by atoms with van der Waals surface area (Å²) in [7, 11) is 0. The molecule has 1 aromatic carbocycles. The molecule has 2 aromatic rings. The zero-order valence-corrected chi connectivity index (χ0v) is 13.8. The maximum absolute atomic E-state index is 12.1. The molecule has 0 spiro atoms. The molecule has 0 aliphatic carbocycles. The first-order valence-electron chi connectivity index (χ1n) is 7.43. The standard InChI is InChI=1S/C16H21N5O2/c1-10(2)16(23)18-14-8-21(20-19-14)9-15(22)17-13-7-11(3)5-6-12(13)4/h5-8,10H,9H2,1-4H3,(H,17,22)(H,18,23). The molecule has 0 bridgehead atoms. The van der Waals surface area contributed by atoms with Crippen LogP contribution >= 0.6 is 0 Å². The first-order chi connectivity index (χ1) is 10.8. The number of nitrogens with zero attached hydrogens (tertiary/aromatic N) is 3. The molecule has 0 radical (unpaired) electrons. The highest BCUT2D eigenvalue weighted by Crippen LogP contribution is 2.16. The molecule has 0 aliphatic heterocycles. The van der Waals surface area contributed by atoms with Crippen molar-refractivity contribution in [3.05, 3.63) is 35.5 Å². The van der Waals surface area contributed by atoms with Gasteiger partial charge in [-0.3, -0.25) is 9.59 Å². The van der Waals surface area contributed by atoms with E-state index >= 15 is 0 Å². The van der Waals surface area contributed by atoms with Crippen LogP contribution in [0.15, 0.2) is 24.4 Å². The molecule has 0 aliphatic rings. The Bertz CT molecular complexity index is 721. The number of hydrogen-bond donors (Lipinski definition) is 2. The smallest absolute Gasteiger partial charge is 0.246 e. The highest BCUT2D eigenvalue weighted by atomic mass is 16.2. The summed E-state index contributed by atoms with van der Waals surface area (Å²) in [5.74, 6) is -0.154. The van der Waals surface area contributed by atoms with Crippen molar-refractivity contribution < 1.29 is 9.59 Å². The van der Waals surface area contributed by atoms with Crippen molar-refractivity contribution in [2.45, 2.75) is 34.2 Å². The summed E-state index contributed by atoms with van der Waals surface area (Å²) < 4.78 is 1.39. The van der Waals surface area contributed by atoms with Gasteiger partial charge < -0.3 is 10.6 Å². The molecule has 0 fully saturated rings. The van der Waals surface area contributed by atoms with E-state index in [4.69, 9.17) is 0 Å². The van der Waals surface area contributed by atoms with E-state index in [1.165, 1.54) is 10.9 Å². The van der Waals surface area contributed by atoms with Crippen LogP contribution < -0.4 is 10.6 Å². The number of aromatic nitrogens is 3. The van der Waals surface area contributed by atoms with Crippen LogP contribution in [0.4, 0.5) is 11.5 Å². The predicted octanol–water partition coefficient (Wildman–Crippen LogP) is 2.13. The highest BCUT2D eigenvalue weighted by Gasteiger charge is 2.11. The molecule has 23 heavy (non-hydrogen) atoms. The summed E-state index contributed by atoms with van der Waals surface area (Å²) in [6, 6.07) is 5.87. The molecule has 7 nitrogen and oxygen atoms in total. The second-order valence-electron chi connectivity index (χ2n) is 5.81. The minimum Gasteiger partial charge on any atom is -0.324 e. The third kappa shape index (κ3) is 4.64. The van der Waals surface area contributed by atoms with Gasteiger partial charge in [0.05, 0.1) is 6.20 Å². The fraction of sp³-hybridized carbons (Fsp3) is 0.375. The maximum atomic E-state index is 12.1.